The topological polar surface area (TPSA) is 100 Å². The molecule has 0 unspecified atom stereocenters. The highest BCUT2D eigenvalue weighted by Crippen LogP contribution is 2.35. The molecule has 0 saturated carbocycles. The molecular weight excluding hydrogens is 785 g/mol. The summed E-state index contributed by atoms with van der Waals surface area (Å²) in [7, 11) is 0. The number of benzene rings is 5. The van der Waals surface area contributed by atoms with Crippen LogP contribution in [0.2, 0.25) is 0 Å². The van der Waals surface area contributed by atoms with E-state index in [2.05, 4.69) is 0 Å². The van der Waals surface area contributed by atoms with Gasteiger partial charge in [-0.2, -0.15) is 0 Å². The van der Waals surface area contributed by atoms with Crippen molar-refractivity contribution in [3.63, 3.8) is 0 Å². The molecule has 10 heteroatoms. The first-order valence-electron chi connectivity index (χ1n) is 21.3. The normalized spacial score (nSPS) is 23.7. The Morgan fingerprint density at radius 3 is 1.39 bits per heavy atom. The van der Waals surface area contributed by atoms with Gasteiger partial charge in [-0.1, -0.05) is 152 Å². The molecule has 2 aliphatic heterocycles. The van der Waals surface area contributed by atoms with E-state index in [-0.39, 0.29) is 26.4 Å². The summed E-state index contributed by atoms with van der Waals surface area (Å²) in [5, 5.41) is 0. The Labute approximate surface area is 365 Å². The van der Waals surface area contributed by atoms with Crippen molar-refractivity contribution in [2.75, 3.05) is 13.2 Å². The predicted octanol–water partition coefficient (Wildman–Crippen LogP) is 9.16. The van der Waals surface area contributed by atoms with Crippen LogP contribution in [0.25, 0.3) is 0 Å². The fourth-order valence-electron chi connectivity index (χ4n) is 7.20. The molecule has 0 bridgehead atoms. The maximum absolute atomic E-state index is 14.0. The van der Waals surface area contributed by atoms with Gasteiger partial charge in [0.25, 0.3) is 0 Å². The molecule has 0 spiro atoms. The molecule has 0 radical (unpaired) electrons. The van der Waals surface area contributed by atoms with Crippen molar-refractivity contribution in [2.24, 2.45) is 5.41 Å². The monoisotopic (exact) mass is 842 g/mol. The summed E-state index contributed by atoms with van der Waals surface area (Å²) in [4.78, 5) is 14.0. The van der Waals surface area contributed by atoms with E-state index >= 15 is 0 Å². The van der Waals surface area contributed by atoms with Crippen LogP contribution in [-0.4, -0.2) is 68.2 Å². The van der Waals surface area contributed by atoms with Crippen LogP contribution in [0.15, 0.2) is 164 Å². The number of rotatable bonds is 20. The van der Waals surface area contributed by atoms with Gasteiger partial charge in [-0.25, -0.2) is 0 Å². The molecule has 2 heterocycles. The van der Waals surface area contributed by atoms with E-state index in [1.807, 2.05) is 179 Å². The number of esters is 1. The molecule has 0 N–H and O–H groups in total. The van der Waals surface area contributed by atoms with Gasteiger partial charge in [0.1, 0.15) is 30.5 Å². The third-order valence-corrected chi connectivity index (χ3v) is 10.6. The van der Waals surface area contributed by atoms with Crippen molar-refractivity contribution in [3.8, 4) is 0 Å². The van der Waals surface area contributed by atoms with E-state index in [1.54, 1.807) is 6.26 Å². The van der Waals surface area contributed by atoms with Crippen LogP contribution in [-0.2, 0) is 80.5 Å². The number of hydrogen-bond donors (Lipinski definition) is 0. The van der Waals surface area contributed by atoms with Crippen LogP contribution in [0.4, 0.5) is 0 Å². The third-order valence-electron chi connectivity index (χ3n) is 10.6. The van der Waals surface area contributed by atoms with Gasteiger partial charge >= 0.3 is 5.97 Å². The van der Waals surface area contributed by atoms with Gasteiger partial charge in [0, 0.05) is 0 Å². The highest BCUT2D eigenvalue weighted by atomic mass is 16.7. The van der Waals surface area contributed by atoms with Crippen LogP contribution < -0.4 is 0 Å². The number of carbonyl (C=O) groups excluding carboxylic acids is 1. The van der Waals surface area contributed by atoms with E-state index in [0.717, 1.165) is 27.8 Å². The molecule has 8 atom stereocenters. The zero-order valence-corrected chi connectivity index (χ0v) is 35.7. The summed E-state index contributed by atoms with van der Waals surface area (Å²) < 4.78 is 59.7. The molecule has 2 aliphatic rings. The third kappa shape index (κ3) is 13.2. The van der Waals surface area contributed by atoms with Crippen LogP contribution in [0.1, 0.15) is 48.6 Å². The number of hydrogen-bond acceptors (Lipinski definition) is 10. The molecule has 0 aromatic heterocycles. The summed E-state index contributed by atoms with van der Waals surface area (Å²) >= 11 is 0. The lowest BCUT2D eigenvalue weighted by molar-refractivity contribution is -0.341. The molecule has 62 heavy (non-hydrogen) atoms. The van der Waals surface area contributed by atoms with Crippen molar-refractivity contribution in [1.29, 1.82) is 0 Å². The maximum atomic E-state index is 14.0. The maximum Gasteiger partial charge on any atom is 0.311 e. The Morgan fingerprint density at radius 1 is 0.500 bits per heavy atom. The zero-order chi connectivity index (χ0) is 43.0. The summed E-state index contributed by atoms with van der Waals surface area (Å²) in [6.45, 7) is 7.21. The standard InChI is InChI=1S/C52H58O10/c1-52(2,3)51(53)62-49-48(59-35-42-27-17-8-18-28-42)47(58-34-41-25-15-7-16-26-41)45(37-55-32-39-21-11-5-12-22-39)60-50(49)61-46-43(57-33-40-23-13-6-14-24-40)29-30-56-44(46)36-54-31-38-19-9-4-10-20-38/h4-30,43-50H,31-37H2,1-3H3/t43-,44-,45-,46+,47-,48+,49-,50+/m1/s1. The Morgan fingerprint density at radius 2 is 0.919 bits per heavy atom. The highest BCUT2D eigenvalue weighted by Gasteiger charge is 2.53. The van der Waals surface area contributed by atoms with E-state index < -0.39 is 60.4 Å². The molecule has 5 aromatic rings. The Balaban J connectivity index is 1.23. The zero-order valence-electron chi connectivity index (χ0n) is 35.7. The highest BCUT2D eigenvalue weighted by molar-refractivity contribution is 5.75. The van der Waals surface area contributed by atoms with Gasteiger partial charge in [-0.05, 0) is 54.7 Å². The molecule has 1 fully saturated rings. The second-order valence-corrected chi connectivity index (χ2v) is 16.6. The molecule has 326 valence electrons. The SMILES string of the molecule is CC(C)(C)C(=O)O[C@H]1[C@H](O[C@H]2[C@H](OCc3ccccc3)C=CO[C@@H]2COCc2ccccc2)O[C@H](COCc2ccccc2)[C@@H](OCc2ccccc2)[C@@H]1OCc1ccccc1. The Hall–Kier alpha value is -5.17. The molecule has 10 nitrogen and oxygen atoms in total. The summed E-state index contributed by atoms with van der Waals surface area (Å²) in [5.74, 6) is -0.451. The van der Waals surface area contributed by atoms with Crippen molar-refractivity contribution in [2.45, 2.75) is 103 Å². The fraction of sp³-hybridized carbons (Fsp3) is 0.365. The minimum atomic E-state index is -1.18. The summed E-state index contributed by atoms with van der Waals surface area (Å²) in [5.41, 5.74) is 4.06. The van der Waals surface area contributed by atoms with E-state index in [0.29, 0.717) is 19.8 Å². The van der Waals surface area contributed by atoms with Crippen molar-refractivity contribution < 1.29 is 47.4 Å². The lowest BCUT2D eigenvalue weighted by Crippen LogP contribution is -2.64. The van der Waals surface area contributed by atoms with Gasteiger partial charge in [0.15, 0.2) is 18.5 Å². The van der Waals surface area contributed by atoms with Crippen molar-refractivity contribution in [3.05, 3.63) is 192 Å². The Kier molecular flexibility index (Phi) is 16.5. The van der Waals surface area contributed by atoms with Gasteiger partial charge in [-0.3, -0.25) is 4.79 Å². The minimum Gasteiger partial charge on any atom is -0.493 e. The molecule has 0 aliphatic carbocycles. The first-order chi connectivity index (χ1) is 30.3. The van der Waals surface area contributed by atoms with Crippen molar-refractivity contribution in [1.82, 2.24) is 0 Å². The lowest BCUT2D eigenvalue weighted by Gasteiger charge is -2.47. The lowest BCUT2D eigenvalue weighted by atomic mass is 9.95. The molecule has 5 aromatic carbocycles. The molecular formula is C52H58O10. The molecule has 0 amide bonds. The van der Waals surface area contributed by atoms with Crippen LogP contribution in [0.5, 0.6) is 0 Å². The molecule has 1 saturated heterocycles. The second kappa shape index (κ2) is 22.8. The van der Waals surface area contributed by atoms with E-state index in [4.69, 9.17) is 42.6 Å². The first kappa shape index (κ1) is 44.9. The number of ether oxygens (including phenoxy) is 9. The predicted molar refractivity (Wildman–Crippen MR) is 234 cm³/mol. The van der Waals surface area contributed by atoms with E-state index in [9.17, 15) is 4.79 Å². The largest absolute Gasteiger partial charge is 0.493 e. The average Bonchev–Trinajstić information content (AvgIpc) is 3.30. The minimum absolute atomic E-state index is 0.123. The Bertz CT molecular complexity index is 2060. The first-order valence-corrected chi connectivity index (χ1v) is 21.3. The summed E-state index contributed by atoms with van der Waals surface area (Å²) in [6, 6.07) is 49.6. The summed E-state index contributed by atoms with van der Waals surface area (Å²) in [6.07, 6.45) is -3.17. The van der Waals surface area contributed by atoms with Gasteiger partial charge in [-0.15, -0.1) is 0 Å². The van der Waals surface area contributed by atoms with Gasteiger partial charge in [0.2, 0.25) is 0 Å². The smallest absolute Gasteiger partial charge is 0.311 e. The average molecular weight is 843 g/mol. The van der Waals surface area contributed by atoms with E-state index in [1.165, 1.54) is 0 Å². The fourth-order valence-corrected chi connectivity index (χ4v) is 7.20. The van der Waals surface area contributed by atoms with Gasteiger partial charge < -0.3 is 42.6 Å². The number of carbonyl (C=O) groups is 1. The van der Waals surface area contributed by atoms with Crippen molar-refractivity contribution >= 4 is 5.97 Å². The van der Waals surface area contributed by atoms with Crippen LogP contribution >= 0.6 is 0 Å². The van der Waals surface area contributed by atoms with Gasteiger partial charge in [0.05, 0.1) is 57.9 Å². The van der Waals surface area contributed by atoms with Crippen LogP contribution in [0, 0.1) is 5.41 Å². The quantitative estimate of drug-likeness (QED) is 0.0706. The van der Waals surface area contributed by atoms with Crippen LogP contribution in [0.3, 0.4) is 0 Å². The molecule has 7 rings (SSSR count). The second-order valence-electron chi connectivity index (χ2n) is 16.6.